The molecule has 2 rings (SSSR count). The molecule has 1 aromatic heterocycles. The molecule has 0 bridgehead atoms. The summed E-state index contributed by atoms with van der Waals surface area (Å²) in [7, 11) is 5.79. The van der Waals surface area contributed by atoms with E-state index >= 15 is 0 Å². The Kier molecular flexibility index (Phi) is 4.24. The zero-order valence-electron chi connectivity index (χ0n) is 11.9. The fourth-order valence-electron chi connectivity index (χ4n) is 1.88. The van der Waals surface area contributed by atoms with Gasteiger partial charge < -0.3 is 20.1 Å². The van der Waals surface area contributed by atoms with Gasteiger partial charge in [0.05, 0.1) is 18.4 Å². The van der Waals surface area contributed by atoms with Crippen LogP contribution in [0.3, 0.4) is 0 Å². The highest BCUT2D eigenvalue weighted by Crippen LogP contribution is 2.10. The van der Waals surface area contributed by atoms with Crippen LogP contribution in [-0.4, -0.2) is 29.7 Å². The van der Waals surface area contributed by atoms with Crippen LogP contribution in [0.1, 0.15) is 5.69 Å². The highest BCUT2D eigenvalue weighted by atomic mass is 16.2. The minimum Gasteiger partial charge on any atom is -0.348 e. The number of aromatic nitrogens is 2. The Morgan fingerprint density at radius 2 is 2.00 bits per heavy atom. The normalized spacial score (nSPS) is 10.2. The van der Waals surface area contributed by atoms with Crippen molar-refractivity contribution in [1.82, 2.24) is 14.9 Å². The number of amides is 2. The Balaban J connectivity index is 1.91. The molecule has 2 N–H and O–H groups in total. The summed E-state index contributed by atoms with van der Waals surface area (Å²) in [6, 6.07) is 9.10. The van der Waals surface area contributed by atoms with E-state index in [9.17, 15) is 4.79 Å². The average Bonchev–Trinajstić information content (AvgIpc) is 2.79. The van der Waals surface area contributed by atoms with Gasteiger partial charge in [0, 0.05) is 26.8 Å². The molecular weight excluding hydrogens is 254 g/mol. The summed E-state index contributed by atoms with van der Waals surface area (Å²) < 4.78 is 1.95. The van der Waals surface area contributed by atoms with E-state index in [0.717, 1.165) is 17.3 Å². The number of benzene rings is 1. The van der Waals surface area contributed by atoms with E-state index in [0.29, 0.717) is 6.54 Å². The SMILES string of the molecule is CN(C)c1ncc(CNC(=O)Nc2ccccc2)n1C. The predicted molar refractivity (Wildman–Crippen MR) is 79.8 cm³/mol. The number of carbonyl (C=O) groups excluding carboxylic acids is 1. The van der Waals surface area contributed by atoms with E-state index in [2.05, 4.69) is 15.6 Å². The van der Waals surface area contributed by atoms with Crippen LogP contribution in [0.2, 0.25) is 0 Å². The van der Waals surface area contributed by atoms with Crippen molar-refractivity contribution >= 4 is 17.7 Å². The molecule has 0 saturated carbocycles. The molecule has 0 saturated heterocycles. The summed E-state index contributed by atoms with van der Waals surface area (Å²) in [6.45, 7) is 0.427. The molecule has 1 aromatic carbocycles. The van der Waals surface area contributed by atoms with Gasteiger partial charge in [-0.2, -0.15) is 0 Å². The third kappa shape index (κ3) is 3.28. The molecule has 6 heteroatoms. The van der Waals surface area contributed by atoms with Crippen molar-refractivity contribution < 1.29 is 4.79 Å². The maximum absolute atomic E-state index is 11.8. The van der Waals surface area contributed by atoms with Crippen LogP contribution < -0.4 is 15.5 Å². The van der Waals surface area contributed by atoms with Crippen LogP contribution in [0.15, 0.2) is 36.5 Å². The first-order valence-electron chi connectivity index (χ1n) is 6.35. The number of carbonyl (C=O) groups is 1. The second-order valence-corrected chi connectivity index (χ2v) is 4.68. The molecule has 0 atom stereocenters. The lowest BCUT2D eigenvalue weighted by Crippen LogP contribution is -2.29. The van der Waals surface area contributed by atoms with E-state index in [1.54, 1.807) is 6.20 Å². The Bertz CT molecular complexity index is 577. The summed E-state index contributed by atoms with van der Waals surface area (Å²) in [6.07, 6.45) is 1.76. The van der Waals surface area contributed by atoms with E-state index < -0.39 is 0 Å². The Morgan fingerprint density at radius 3 is 2.60 bits per heavy atom. The Hall–Kier alpha value is -2.50. The summed E-state index contributed by atoms with van der Waals surface area (Å²) in [4.78, 5) is 18.0. The number of nitrogens with zero attached hydrogens (tertiary/aromatic N) is 3. The molecule has 0 aliphatic carbocycles. The molecule has 0 spiro atoms. The lowest BCUT2D eigenvalue weighted by atomic mass is 10.3. The highest BCUT2D eigenvalue weighted by Gasteiger charge is 2.09. The standard InChI is InChI=1S/C14H19N5O/c1-18(2)14-16-10-12(19(14)3)9-15-13(20)17-11-7-5-4-6-8-11/h4-8,10H,9H2,1-3H3,(H2,15,17,20). The van der Waals surface area contributed by atoms with Gasteiger partial charge in [0.15, 0.2) is 0 Å². The molecule has 2 aromatic rings. The second kappa shape index (κ2) is 6.10. The quantitative estimate of drug-likeness (QED) is 0.893. The van der Waals surface area contributed by atoms with Gasteiger partial charge in [-0.25, -0.2) is 9.78 Å². The first kappa shape index (κ1) is 13.9. The van der Waals surface area contributed by atoms with Crippen LogP contribution in [0.5, 0.6) is 0 Å². The fraction of sp³-hybridized carbons (Fsp3) is 0.286. The first-order valence-corrected chi connectivity index (χ1v) is 6.35. The smallest absolute Gasteiger partial charge is 0.319 e. The highest BCUT2D eigenvalue weighted by molar-refractivity contribution is 5.89. The topological polar surface area (TPSA) is 62.2 Å². The van der Waals surface area contributed by atoms with Crippen LogP contribution >= 0.6 is 0 Å². The van der Waals surface area contributed by atoms with Gasteiger partial charge in [-0.3, -0.25) is 0 Å². The van der Waals surface area contributed by atoms with Crippen molar-refractivity contribution in [2.75, 3.05) is 24.3 Å². The van der Waals surface area contributed by atoms with Gasteiger partial charge in [0.2, 0.25) is 5.95 Å². The van der Waals surface area contributed by atoms with Gasteiger partial charge >= 0.3 is 6.03 Å². The predicted octanol–water partition coefficient (Wildman–Crippen LogP) is 1.81. The van der Waals surface area contributed by atoms with Crippen LogP contribution in [-0.2, 0) is 13.6 Å². The van der Waals surface area contributed by atoms with Crippen molar-refractivity contribution in [2.24, 2.45) is 7.05 Å². The third-order valence-corrected chi connectivity index (χ3v) is 2.92. The minimum absolute atomic E-state index is 0.233. The number of anilines is 2. The Labute approximate surface area is 118 Å². The van der Waals surface area contributed by atoms with Gasteiger partial charge in [-0.05, 0) is 12.1 Å². The van der Waals surface area contributed by atoms with Crippen molar-refractivity contribution in [2.45, 2.75) is 6.54 Å². The molecule has 0 unspecified atom stereocenters. The summed E-state index contributed by atoms with van der Waals surface area (Å²) in [5.41, 5.74) is 1.71. The molecule has 6 nitrogen and oxygen atoms in total. The van der Waals surface area contributed by atoms with Crippen molar-refractivity contribution in [3.8, 4) is 0 Å². The van der Waals surface area contributed by atoms with Gasteiger partial charge in [-0.1, -0.05) is 18.2 Å². The molecule has 0 aliphatic rings. The molecule has 20 heavy (non-hydrogen) atoms. The van der Waals surface area contributed by atoms with Crippen molar-refractivity contribution in [1.29, 1.82) is 0 Å². The number of hydrogen-bond acceptors (Lipinski definition) is 3. The van der Waals surface area contributed by atoms with E-state index in [-0.39, 0.29) is 6.03 Å². The molecule has 106 valence electrons. The number of rotatable bonds is 4. The summed E-state index contributed by atoms with van der Waals surface area (Å²) in [5.74, 6) is 0.852. The number of nitrogens with one attached hydrogen (secondary N) is 2. The lowest BCUT2D eigenvalue weighted by Gasteiger charge is -2.13. The summed E-state index contributed by atoms with van der Waals surface area (Å²) in [5, 5.41) is 5.58. The number of urea groups is 1. The maximum atomic E-state index is 11.8. The molecule has 0 aliphatic heterocycles. The molecule has 1 heterocycles. The fourth-order valence-corrected chi connectivity index (χ4v) is 1.88. The van der Waals surface area contributed by atoms with Crippen LogP contribution in [0.25, 0.3) is 0 Å². The molecule has 2 amide bonds. The van der Waals surface area contributed by atoms with E-state index in [4.69, 9.17) is 0 Å². The van der Waals surface area contributed by atoms with Crippen molar-refractivity contribution in [3.05, 3.63) is 42.2 Å². The van der Waals surface area contributed by atoms with Crippen LogP contribution in [0, 0.1) is 0 Å². The average molecular weight is 273 g/mol. The van der Waals surface area contributed by atoms with E-state index in [1.165, 1.54) is 0 Å². The monoisotopic (exact) mass is 273 g/mol. The number of hydrogen-bond donors (Lipinski definition) is 2. The van der Waals surface area contributed by atoms with Crippen molar-refractivity contribution in [3.63, 3.8) is 0 Å². The first-order chi connectivity index (χ1) is 9.58. The molecular formula is C14H19N5O. The Morgan fingerprint density at radius 1 is 1.30 bits per heavy atom. The minimum atomic E-state index is -0.233. The molecule has 0 radical (unpaired) electrons. The molecule has 0 fully saturated rings. The lowest BCUT2D eigenvalue weighted by molar-refractivity contribution is 0.251. The van der Waals surface area contributed by atoms with Crippen LogP contribution in [0.4, 0.5) is 16.4 Å². The van der Waals surface area contributed by atoms with Gasteiger partial charge in [0.25, 0.3) is 0 Å². The zero-order chi connectivity index (χ0) is 14.5. The summed E-state index contributed by atoms with van der Waals surface area (Å²) >= 11 is 0. The largest absolute Gasteiger partial charge is 0.348 e. The van der Waals surface area contributed by atoms with Gasteiger partial charge in [-0.15, -0.1) is 0 Å². The van der Waals surface area contributed by atoms with Gasteiger partial charge in [0.1, 0.15) is 0 Å². The maximum Gasteiger partial charge on any atom is 0.319 e. The zero-order valence-corrected chi connectivity index (χ0v) is 11.9. The third-order valence-electron chi connectivity index (χ3n) is 2.92. The second-order valence-electron chi connectivity index (χ2n) is 4.68. The number of imidazole rings is 1. The number of para-hydroxylation sites is 1. The van der Waals surface area contributed by atoms with E-state index in [1.807, 2.05) is 60.9 Å².